The van der Waals surface area contributed by atoms with E-state index in [4.69, 9.17) is 0 Å². The van der Waals surface area contributed by atoms with Crippen LogP contribution in [0, 0.1) is 0 Å². The van der Waals surface area contributed by atoms with Crippen molar-refractivity contribution in [2.45, 2.75) is 50.3 Å². The fraction of sp³-hybridized carbons (Fsp3) is 0.179. The Bertz CT molecular complexity index is 1600. The number of hydrogen-bond acceptors (Lipinski definition) is 2. The first-order chi connectivity index (χ1) is 20.2. The molecule has 0 N–H and O–H groups in total. The Labute approximate surface area is 249 Å². The molecule has 4 aromatic rings. The highest BCUT2D eigenvalue weighted by Gasteiger charge is 2.18. The van der Waals surface area contributed by atoms with E-state index in [0.717, 1.165) is 19.3 Å². The predicted molar refractivity (Wildman–Crippen MR) is 179 cm³/mol. The van der Waals surface area contributed by atoms with E-state index in [0.29, 0.717) is 0 Å². The van der Waals surface area contributed by atoms with Crippen molar-refractivity contribution in [1.29, 1.82) is 0 Å². The SMILES string of the molecule is C=C/C=C\C1=C(C)Cc2cc(-c3ccc(N(C4=CCCCCC4)c4ccc(-c5ccccc5)cc4)cc3)ccc2S1. The van der Waals surface area contributed by atoms with E-state index in [-0.39, 0.29) is 0 Å². The maximum atomic E-state index is 3.81. The molecule has 0 fully saturated rings. The largest absolute Gasteiger partial charge is 0.315 e. The molecule has 0 aromatic heterocycles. The highest BCUT2D eigenvalue weighted by atomic mass is 32.2. The fourth-order valence-corrected chi connectivity index (χ4v) is 6.85. The van der Waals surface area contributed by atoms with Crippen molar-refractivity contribution < 1.29 is 0 Å². The summed E-state index contributed by atoms with van der Waals surface area (Å²) in [5, 5.41) is 0. The minimum absolute atomic E-state index is 0.992. The summed E-state index contributed by atoms with van der Waals surface area (Å²) in [5.74, 6) is 0. The van der Waals surface area contributed by atoms with E-state index in [9.17, 15) is 0 Å². The molecule has 1 nitrogen and oxygen atoms in total. The molecular weight excluding hydrogens is 515 g/mol. The molecule has 0 saturated carbocycles. The zero-order valence-corrected chi connectivity index (χ0v) is 24.7. The van der Waals surface area contributed by atoms with Crippen LogP contribution in [0.15, 0.2) is 149 Å². The third kappa shape index (κ3) is 6.19. The molecule has 2 heteroatoms. The number of allylic oxidation sites excluding steroid dienone is 6. The molecule has 204 valence electrons. The van der Waals surface area contributed by atoms with Crippen molar-refractivity contribution in [3.05, 3.63) is 150 Å². The smallest absolute Gasteiger partial charge is 0.0458 e. The molecular formula is C39H37NS. The molecule has 1 heterocycles. The molecule has 0 atom stereocenters. The van der Waals surface area contributed by atoms with Gasteiger partial charge < -0.3 is 4.90 Å². The molecule has 0 amide bonds. The lowest BCUT2D eigenvalue weighted by molar-refractivity contribution is 0.708. The molecule has 0 bridgehead atoms. The van der Waals surface area contributed by atoms with E-state index in [2.05, 4.69) is 128 Å². The highest BCUT2D eigenvalue weighted by molar-refractivity contribution is 8.03. The zero-order chi connectivity index (χ0) is 28.0. The minimum Gasteiger partial charge on any atom is -0.315 e. The van der Waals surface area contributed by atoms with E-state index in [1.807, 2.05) is 23.9 Å². The Hall–Kier alpha value is -4.01. The summed E-state index contributed by atoms with van der Waals surface area (Å²) >= 11 is 1.86. The predicted octanol–water partition coefficient (Wildman–Crippen LogP) is 11.7. The van der Waals surface area contributed by atoms with Crippen LogP contribution in [-0.2, 0) is 6.42 Å². The van der Waals surface area contributed by atoms with Gasteiger partial charge in [0.05, 0.1) is 0 Å². The van der Waals surface area contributed by atoms with Gasteiger partial charge in [0.25, 0.3) is 0 Å². The van der Waals surface area contributed by atoms with Gasteiger partial charge >= 0.3 is 0 Å². The normalized spacial score (nSPS) is 15.3. The van der Waals surface area contributed by atoms with Crippen LogP contribution in [0.5, 0.6) is 0 Å². The topological polar surface area (TPSA) is 3.24 Å². The van der Waals surface area contributed by atoms with Crippen LogP contribution in [0.1, 0.15) is 44.6 Å². The highest BCUT2D eigenvalue weighted by Crippen LogP contribution is 2.41. The van der Waals surface area contributed by atoms with Crippen LogP contribution in [0.4, 0.5) is 11.4 Å². The van der Waals surface area contributed by atoms with Crippen molar-refractivity contribution >= 4 is 23.1 Å². The first-order valence-corrected chi connectivity index (χ1v) is 15.6. The monoisotopic (exact) mass is 551 g/mol. The van der Waals surface area contributed by atoms with Crippen LogP contribution < -0.4 is 4.90 Å². The summed E-state index contributed by atoms with van der Waals surface area (Å²) in [4.78, 5) is 5.16. The molecule has 0 radical (unpaired) electrons. The molecule has 0 unspecified atom stereocenters. The number of nitrogens with zero attached hydrogens (tertiary/aromatic N) is 1. The van der Waals surface area contributed by atoms with Gasteiger partial charge in [0.15, 0.2) is 0 Å². The van der Waals surface area contributed by atoms with Crippen molar-refractivity contribution in [3.8, 4) is 22.3 Å². The lowest BCUT2D eigenvalue weighted by Crippen LogP contribution is -2.16. The van der Waals surface area contributed by atoms with Gasteiger partial charge in [0.2, 0.25) is 0 Å². The van der Waals surface area contributed by atoms with Crippen molar-refractivity contribution in [2.75, 3.05) is 4.90 Å². The quantitative estimate of drug-likeness (QED) is 0.210. The summed E-state index contributed by atoms with van der Waals surface area (Å²) in [5.41, 5.74) is 11.7. The Morgan fingerprint density at radius 2 is 1.39 bits per heavy atom. The van der Waals surface area contributed by atoms with Crippen molar-refractivity contribution in [1.82, 2.24) is 0 Å². The first kappa shape index (κ1) is 27.2. The molecule has 4 aromatic carbocycles. The van der Waals surface area contributed by atoms with Gasteiger partial charge in [-0.15, -0.1) is 0 Å². The van der Waals surface area contributed by atoms with Crippen LogP contribution in [0.25, 0.3) is 22.3 Å². The molecule has 1 aliphatic heterocycles. The van der Waals surface area contributed by atoms with Gasteiger partial charge in [-0.25, -0.2) is 0 Å². The Balaban J connectivity index is 1.29. The number of benzene rings is 4. The summed E-state index contributed by atoms with van der Waals surface area (Å²) in [6.45, 7) is 6.05. The van der Waals surface area contributed by atoms with Gasteiger partial charge in [0.1, 0.15) is 0 Å². The van der Waals surface area contributed by atoms with Gasteiger partial charge in [-0.2, -0.15) is 0 Å². The van der Waals surface area contributed by atoms with Gasteiger partial charge in [-0.05, 0) is 109 Å². The van der Waals surface area contributed by atoms with E-state index >= 15 is 0 Å². The maximum absolute atomic E-state index is 3.81. The third-order valence-electron chi connectivity index (χ3n) is 8.04. The van der Waals surface area contributed by atoms with Crippen LogP contribution in [-0.4, -0.2) is 0 Å². The fourth-order valence-electron chi connectivity index (χ4n) is 5.83. The molecule has 41 heavy (non-hydrogen) atoms. The molecule has 0 spiro atoms. The molecule has 6 rings (SSSR count). The number of hydrogen-bond donors (Lipinski definition) is 0. The number of thioether (sulfide) groups is 1. The van der Waals surface area contributed by atoms with Crippen LogP contribution >= 0.6 is 11.8 Å². The first-order valence-electron chi connectivity index (χ1n) is 14.7. The average Bonchev–Trinajstić information content (AvgIpc) is 3.30. The Morgan fingerprint density at radius 1 is 0.732 bits per heavy atom. The summed E-state index contributed by atoms with van der Waals surface area (Å²) in [6, 6.07) is 35.8. The zero-order valence-electron chi connectivity index (χ0n) is 23.9. The molecule has 2 aliphatic rings. The van der Waals surface area contributed by atoms with E-state index < -0.39 is 0 Å². The minimum atomic E-state index is 0.992. The van der Waals surface area contributed by atoms with Crippen LogP contribution in [0.3, 0.4) is 0 Å². The van der Waals surface area contributed by atoms with Crippen molar-refractivity contribution in [3.63, 3.8) is 0 Å². The van der Waals surface area contributed by atoms with E-state index in [1.54, 1.807) is 0 Å². The van der Waals surface area contributed by atoms with E-state index in [1.165, 1.54) is 79.5 Å². The number of rotatable bonds is 7. The summed E-state index contributed by atoms with van der Waals surface area (Å²) in [6.07, 6.45) is 15.6. The maximum Gasteiger partial charge on any atom is 0.0458 e. The standard InChI is InChI=1S/C39H37NS/c1-3-4-16-38-29(2)27-34-28-33(21-26-39(34)41-38)32-19-24-37(25-20-32)40(35-14-10-5-6-11-15-35)36-22-17-31(18-23-36)30-12-8-7-9-13-30/h3-4,7-9,12-14,16-26,28H,1,5-6,10-11,15,27H2,2H3/b16-4-. The van der Waals surface area contributed by atoms with Gasteiger partial charge in [0, 0.05) is 26.9 Å². The summed E-state index contributed by atoms with van der Waals surface area (Å²) in [7, 11) is 0. The van der Waals surface area contributed by atoms with Gasteiger partial charge in [-0.1, -0.05) is 109 Å². The molecule has 1 aliphatic carbocycles. The number of fused-ring (bicyclic) bond motifs is 1. The number of anilines is 2. The van der Waals surface area contributed by atoms with Gasteiger partial charge in [-0.3, -0.25) is 0 Å². The lowest BCUT2D eigenvalue weighted by Gasteiger charge is -2.28. The van der Waals surface area contributed by atoms with Crippen LogP contribution in [0.2, 0.25) is 0 Å². The summed E-state index contributed by atoms with van der Waals surface area (Å²) < 4.78 is 0. The lowest BCUT2D eigenvalue weighted by atomic mass is 9.98. The second-order valence-electron chi connectivity index (χ2n) is 10.9. The second kappa shape index (κ2) is 12.7. The second-order valence-corrected chi connectivity index (χ2v) is 12.0. The Kier molecular flexibility index (Phi) is 8.39. The average molecular weight is 552 g/mol. The Morgan fingerprint density at radius 3 is 2.10 bits per heavy atom. The molecule has 0 saturated heterocycles. The third-order valence-corrected chi connectivity index (χ3v) is 9.36. The van der Waals surface area contributed by atoms with Crippen molar-refractivity contribution in [2.24, 2.45) is 0 Å².